The van der Waals surface area contributed by atoms with E-state index in [9.17, 15) is 4.39 Å². The monoisotopic (exact) mass is 289 g/mol. The minimum atomic E-state index is -0.217. The Labute approximate surface area is 105 Å². The molecule has 1 aromatic carbocycles. The molecule has 0 radical (unpaired) electrons. The molecule has 1 aromatic rings. The SMILES string of the molecule is COCCCN(C)Cc1ccc(F)c(Br)c1. The average Bonchev–Trinajstić information content (AvgIpc) is 2.24. The molecular formula is C12H17BrFNO. The van der Waals surface area contributed by atoms with Crippen LogP contribution in [0.2, 0.25) is 0 Å². The lowest BCUT2D eigenvalue weighted by atomic mass is 10.2. The summed E-state index contributed by atoms with van der Waals surface area (Å²) in [6.07, 6.45) is 1.01. The summed E-state index contributed by atoms with van der Waals surface area (Å²) in [5.74, 6) is -0.217. The van der Waals surface area contributed by atoms with Crippen LogP contribution in [-0.2, 0) is 11.3 Å². The topological polar surface area (TPSA) is 12.5 Å². The Bertz CT molecular complexity index is 333. The molecule has 0 heterocycles. The van der Waals surface area contributed by atoms with Gasteiger partial charge >= 0.3 is 0 Å². The van der Waals surface area contributed by atoms with E-state index in [2.05, 4.69) is 20.8 Å². The Morgan fingerprint density at radius 3 is 2.81 bits per heavy atom. The molecule has 90 valence electrons. The number of methoxy groups -OCH3 is 1. The fraction of sp³-hybridized carbons (Fsp3) is 0.500. The molecule has 0 aliphatic carbocycles. The largest absolute Gasteiger partial charge is 0.385 e. The summed E-state index contributed by atoms with van der Waals surface area (Å²) in [7, 11) is 3.75. The molecule has 1 rings (SSSR count). The van der Waals surface area contributed by atoms with Crippen molar-refractivity contribution in [2.45, 2.75) is 13.0 Å². The summed E-state index contributed by atoms with van der Waals surface area (Å²) >= 11 is 3.19. The first-order valence-corrected chi connectivity index (χ1v) is 6.04. The van der Waals surface area contributed by atoms with E-state index < -0.39 is 0 Å². The number of rotatable bonds is 6. The van der Waals surface area contributed by atoms with Crippen molar-refractivity contribution < 1.29 is 9.13 Å². The van der Waals surface area contributed by atoms with E-state index in [4.69, 9.17) is 4.74 Å². The van der Waals surface area contributed by atoms with E-state index in [1.165, 1.54) is 6.07 Å². The second kappa shape index (κ2) is 6.99. The third-order valence-electron chi connectivity index (χ3n) is 2.32. The van der Waals surface area contributed by atoms with Gasteiger partial charge in [0, 0.05) is 26.8 Å². The highest BCUT2D eigenvalue weighted by Gasteiger charge is 2.03. The fourth-order valence-corrected chi connectivity index (χ4v) is 1.93. The molecule has 4 heteroatoms. The predicted octanol–water partition coefficient (Wildman–Crippen LogP) is 3.06. The van der Waals surface area contributed by atoms with Gasteiger partial charge in [-0.2, -0.15) is 0 Å². The Morgan fingerprint density at radius 1 is 1.44 bits per heavy atom. The lowest BCUT2D eigenvalue weighted by molar-refractivity contribution is 0.178. The van der Waals surface area contributed by atoms with Gasteiger partial charge in [-0.25, -0.2) is 4.39 Å². The van der Waals surface area contributed by atoms with Crippen LogP contribution in [0, 0.1) is 5.82 Å². The Balaban J connectivity index is 2.43. The van der Waals surface area contributed by atoms with Crippen LogP contribution in [0.1, 0.15) is 12.0 Å². The molecule has 0 aliphatic rings. The summed E-state index contributed by atoms with van der Waals surface area (Å²) < 4.78 is 18.5. The van der Waals surface area contributed by atoms with Crippen molar-refractivity contribution in [1.29, 1.82) is 0 Å². The Morgan fingerprint density at radius 2 is 2.19 bits per heavy atom. The normalized spacial score (nSPS) is 11.1. The molecule has 0 aliphatic heterocycles. The van der Waals surface area contributed by atoms with Gasteiger partial charge in [0.25, 0.3) is 0 Å². The van der Waals surface area contributed by atoms with Gasteiger partial charge in [0.2, 0.25) is 0 Å². The van der Waals surface area contributed by atoms with Crippen LogP contribution in [0.4, 0.5) is 4.39 Å². The van der Waals surface area contributed by atoms with Crippen molar-refractivity contribution in [2.75, 3.05) is 27.3 Å². The summed E-state index contributed by atoms with van der Waals surface area (Å²) in [6, 6.07) is 5.12. The lowest BCUT2D eigenvalue weighted by Gasteiger charge is -2.16. The zero-order valence-electron chi connectivity index (χ0n) is 9.67. The summed E-state index contributed by atoms with van der Waals surface area (Å²) in [5.41, 5.74) is 1.10. The molecule has 0 saturated heterocycles. The van der Waals surface area contributed by atoms with Gasteiger partial charge in [0.1, 0.15) is 5.82 Å². The molecule has 0 aromatic heterocycles. The van der Waals surface area contributed by atoms with E-state index >= 15 is 0 Å². The molecule has 0 spiro atoms. The van der Waals surface area contributed by atoms with E-state index in [0.29, 0.717) is 4.47 Å². The van der Waals surface area contributed by atoms with Crippen molar-refractivity contribution in [1.82, 2.24) is 4.90 Å². The third kappa shape index (κ3) is 4.60. The van der Waals surface area contributed by atoms with Crippen LogP contribution in [-0.4, -0.2) is 32.2 Å². The van der Waals surface area contributed by atoms with Crippen LogP contribution in [0.25, 0.3) is 0 Å². The Hall–Kier alpha value is -0.450. The predicted molar refractivity (Wildman–Crippen MR) is 66.9 cm³/mol. The molecule has 0 amide bonds. The van der Waals surface area contributed by atoms with Gasteiger partial charge in [0.05, 0.1) is 4.47 Å². The lowest BCUT2D eigenvalue weighted by Crippen LogP contribution is -2.20. The van der Waals surface area contributed by atoms with E-state index in [1.54, 1.807) is 7.11 Å². The molecule has 0 saturated carbocycles. The van der Waals surface area contributed by atoms with Crippen molar-refractivity contribution in [3.8, 4) is 0 Å². The third-order valence-corrected chi connectivity index (χ3v) is 2.93. The summed E-state index contributed by atoms with van der Waals surface area (Å²) in [4.78, 5) is 2.19. The zero-order chi connectivity index (χ0) is 12.0. The van der Waals surface area contributed by atoms with Gasteiger partial charge in [-0.1, -0.05) is 6.07 Å². The van der Waals surface area contributed by atoms with Crippen LogP contribution in [0.5, 0.6) is 0 Å². The van der Waals surface area contributed by atoms with Gasteiger partial charge < -0.3 is 9.64 Å². The molecular weight excluding hydrogens is 273 g/mol. The van der Waals surface area contributed by atoms with E-state index in [-0.39, 0.29) is 5.82 Å². The van der Waals surface area contributed by atoms with Crippen molar-refractivity contribution in [2.24, 2.45) is 0 Å². The van der Waals surface area contributed by atoms with Crippen molar-refractivity contribution in [3.63, 3.8) is 0 Å². The van der Waals surface area contributed by atoms with Gasteiger partial charge in [-0.3, -0.25) is 0 Å². The molecule has 0 fully saturated rings. The summed E-state index contributed by atoms with van der Waals surface area (Å²) in [5, 5.41) is 0. The molecule has 0 atom stereocenters. The molecule has 0 bridgehead atoms. The molecule has 0 unspecified atom stereocenters. The summed E-state index contributed by atoms with van der Waals surface area (Å²) in [6.45, 7) is 2.57. The van der Waals surface area contributed by atoms with Gasteiger partial charge in [0.15, 0.2) is 0 Å². The number of hydrogen-bond acceptors (Lipinski definition) is 2. The van der Waals surface area contributed by atoms with E-state index in [1.807, 2.05) is 19.2 Å². The Kier molecular flexibility index (Phi) is 5.95. The molecule has 0 N–H and O–H groups in total. The number of hydrogen-bond donors (Lipinski definition) is 0. The van der Waals surface area contributed by atoms with Gasteiger partial charge in [-0.05, 0) is 47.1 Å². The van der Waals surface area contributed by atoms with Crippen LogP contribution in [0.3, 0.4) is 0 Å². The number of halogens is 2. The highest BCUT2D eigenvalue weighted by Crippen LogP contribution is 2.17. The minimum Gasteiger partial charge on any atom is -0.385 e. The van der Waals surface area contributed by atoms with Crippen molar-refractivity contribution >= 4 is 15.9 Å². The van der Waals surface area contributed by atoms with Gasteiger partial charge in [-0.15, -0.1) is 0 Å². The second-order valence-corrected chi connectivity index (χ2v) is 4.69. The number of nitrogens with zero attached hydrogens (tertiary/aromatic N) is 1. The van der Waals surface area contributed by atoms with E-state index in [0.717, 1.165) is 31.7 Å². The standard InChI is InChI=1S/C12H17BrFNO/c1-15(6-3-7-16-2)9-10-4-5-12(14)11(13)8-10/h4-5,8H,3,6-7,9H2,1-2H3. The first-order chi connectivity index (χ1) is 7.63. The number of benzene rings is 1. The van der Waals surface area contributed by atoms with Crippen LogP contribution >= 0.6 is 15.9 Å². The van der Waals surface area contributed by atoms with Crippen LogP contribution in [0.15, 0.2) is 22.7 Å². The fourth-order valence-electron chi connectivity index (χ4n) is 1.51. The maximum Gasteiger partial charge on any atom is 0.137 e. The first kappa shape index (κ1) is 13.6. The molecule has 2 nitrogen and oxygen atoms in total. The highest BCUT2D eigenvalue weighted by molar-refractivity contribution is 9.10. The minimum absolute atomic E-state index is 0.217. The second-order valence-electron chi connectivity index (χ2n) is 3.83. The van der Waals surface area contributed by atoms with Crippen molar-refractivity contribution in [3.05, 3.63) is 34.1 Å². The first-order valence-electron chi connectivity index (χ1n) is 5.25. The maximum absolute atomic E-state index is 13.0. The smallest absolute Gasteiger partial charge is 0.137 e. The highest BCUT2D eigenvalue weighted by atomic mass is 79.9. The average molecular weight is 290 g/mol. The molecule has 16 heavy (non-hydrogen) atoms. The zero-order valence-corrected chi connectivity index (χ0v) is 11.3. The van der Waals surface area contributed by atoms with Crippen LogP contribution < -0.4 is 0 Å². The number of ether oxygens (including phenoxy) is 1. The maximum atomic E-state index is 13.0. The quantitative estimate of drug-likeness (QED) is 0.747.